The number of aromatic nitrogens is 3. The lowest BCUT2D eigenvalue weighted by Gasteiger charge is -1.90. The van der Waals surface area contributed by atoms with Crippen LogP contribution in [0.5, 0.6) is 0 Å². The molecule has 0 aliphatic heterocycles. The fourth-order valence-electron chi connectivity index (χ4n) is 1.46. The molecule has 6 heteroatoms. The average molecular weight is 256 g/mol. The van der Waals surface area contributed by atoms with Gasteiger partial charge in [-0.05, 0) is 11.3 Å². The molecule has 0 spiro atoms. The summed E-state index contributed by atoms with van der Waals surface area (Å²) in [5.41, 5.74) is 0.762. The van der Waals surface area contributed by atoms with Crippen LogP contribution in [0.25, 0.3) is 20.3 Å². The lowest BCUT2D eigenvalue weighted by Crippen LogP contribution is -1.85. The van der Waals surface area contributed by atoms with Gasteiger partial charge in [0.2, 0.25) is 0 Å². The van der Waals surface area contributed by atoms with Gasteiger partial charge >= 0.3 is 0 Å². The highest BCUT2D eigenvalue weighted by Gasteiger charge is 2.12. The quantitative estimate of drug-likeness (QED) is 0.617. The molecule has 3 nitrogen and oxygen atoms in total. The van der Waals surface area contributed by atoms with E-state index in [1.165, 1.54) is 11.3 Å². The minimum absolute atomic E-state index is 0.372. The zero-order chi connectivity index (χ0) is 10.4. The molecule has 3 rings (SSSR count). The van der Waals surface area contributed by atoms with E-state index >= 15 is 0 Å². The van der Waals surface area contributed by atoms with Crippen LogP contribution in [0.15, 0.2) is 18.2 Å². The summed E-state index contributed by atoms with van der Waals surface area (Å²) in [4.78, 5) is 0. The Morgan fingerprint density at radius 2 is 1.93 bits per heavy atom. The molecule has 2 aromatic heterocycles. The van der Waals surface area contributed by atoms with E-state index in [1.54, 1.807) is 0 Å². The van der Waals surface area contributed by atoms with Crippen molar-refractivity contribution in [2.45, 2.75) is 0 Å². The van der Waals surface area contributed by atoms with Crippen LogP contribution >= 0.6 is 34.5 Å². The van der Waals surface area contributed by atoms with Crippen molar-refractivity contribution in [3.63, 3.8) is 0 Å². The number of thiophene rings is 1. The van der Waals surface area contributed by atoms with Gasteiger partial charge in [0.1, 0.15) is 5.52 Å². The van der Waals surface area contributed by atoms with Crippen LogP contribution in [-0.2, 0) is 0 Å². The Kier molecular flexibility index (Phi) is 2.02. The van der Waals surface area contributed by atoms with E-state index in [0.717, 1.165) is 20.3 Å². The van der Waals surface area contributed by atoms with E-state index in [1.807, 2.05) is 18.2 Å². The van der Waals surface area contributed by atoms with Gasteiger partial charge < -0.3 is 0 Å². The third-order valence-corrected chi connectivity index (χ3v) is 4.14. The van der Waals surface area contributed by atoms with Crippen molar-refractivity contribution in [2.24, 2.45) is 0 Å². The molecule has 2 heterocycles. The topological polar surface area (TPSA) is 38.7 Å². The number of nitrogens with zero attached hydrogens (tertiary/aromatic N) is 3. The molecule has 0 saturated carbocycles. The summed E-state index contributed by atoms with van der Waals surface area (Å²) in [5.74, 6) is 0. The van der Waals surface area contributed by atoms with Gasteiger partial charge in [-0.1, -0.05) is 35.3 Å². The van der Waals surface area contributed by atoms with Crippen LogP contribution in [0, 0.1) is 0 Å². The van der Waals surface area contributed by atoms with Gasteiger partial charge in [-0.2, -0.15) is 0 Å². The summed E-state index contributed by atoms with van der Waals surface area (Å²) >= 11 is 13.5. The third-order valence-electron chi connectivity index (χ3n) is 2.11. The highest BCUT2D eigenvalue weighted by molar-refractivity contribution is 7.26. The smallest absolute Gasteiger partial charge is 0.128 e. The number of hydrogen-bond donors (Lipinski definition) is 0. The van der Waals surface area contributed by atoms with Gasteiger partial charge in [0.05, 0.1) is 14.4 Å². The van der Waals surface area contributed by atoms with Crippen molar-refractivity contribution < 1.29 is 0 Å². The van der Waals surface area contributed by atoms with Crippen LogP contribution in [0.4, 0.5) is 0 Å². The zero-order valence-corrected chi connectivity index (χ0v) is 9.57. The summed E-state index contributed by atoms with van der Waals surface area (Å²) in [7, 11) is 0. The molecule has 0 saturated heterocycles. The van der Waals surface area contributed by atoms with Crippen LogP contribution in [0.3, 0.4) is 0 Å². The Morgan fingerprint density at radius 1 is 1.07 bits per heavy atom. The molecule has 0 unspecified atom stereocenters. The average Bonchev–Trinajstić information content (AvgIpc) is 2.60. The maximum Gasteiger partial charge on any atom is 0.172 e. The zero-order valence-electron chi connectivity index (χ0n) is 7.24. The molecule has 0 aliphatic carbocycles. The number of halogens is 2. The van der Waals surface area contributed by atoms with E-state index in [4.69, 9.17) is 23.2 Å². The Hall–Kier alpha value is -0.970. The maximum absolute atomic E-state index is 6.08. The Labute approximate surface area is 98.6 Å². The fourth-order valence-corrected chi connectivity index (χ4v) is 3.01. The minimum Gasteiger partial charge on any atom is -0.128 e. The standard InChI is InChI=1S/C9H3Cl2N3S/c10-5-3-1-2-4-6-8(15-7(4)5)9(11)13-14-12-6/h1-3H. The molecule has 0 radical (unpaired) electrons. The first-order chi connectivity index (χ1) is 7.27. The summed E-state index contributed by atoms with van der Waals surface area (Å²) in [5, 5.41) is 13.3. The van der Waals surface area contributed by atoms with E-state index in [0.29, 0.717) is 10.2 Å². The molecule has 0 aliphatic rings. The van der Waals surface area contributed by atoms with Gasteiger partial charge in [-0.25, -0.2) is 0 Å². The number of benzene rings is 1. The molecule has 0 atom stereocenters. The van der Waals surface area contributed by atoms with Crippen molar-refractivity contribution in [2.75, 3.05) is 0 Å². The van der Waals surface area contributed by atoms with Crippen molar-refractivity contribution in [3.8, 4) is 0 Å². The van der Waals surface area contributed by atoms with Gasteiger partial charge in [0.25, 0.3) is 0 Å². The number of hydrogen-bond acceptors (Lipinski definition) is 4. The first-order valence-electron chi connectivity index (χ1n) is 4.13. The summed E-state index contributed by atoms with van der Waals surface area (Å²) in [6.45, 7) is 0. The minimum atomic E-state index is 0.372. The second-order valence-corrected chi connectivity index (χ2v) is 4.76. The predicted octanol–water partition coefficient (Wildman–Crippen LogP) is 3.55. The molecule has 0 amide bonds. The van der Waals surface area contributed by atoms with Crippen molar-refractivity contribution in [1.82, 2.24) is 15.4 Å². The lowest BCUT2D eigenvalue weighted by atomic mass is 10.2. The normalized spacial score (nSPS) is 11.3. The molecule has 0 N–H and O–H groups in total. The summed E-state index contributed by atoms with van der Waals surface area (Å²) in [6.07, 6.45) is 0. The van der Waals surface area contributed by atoms with E-state index < -0.39 is 0 Å². The van der Waals surface area contributed by atoms with Gasteiger partial charge in [-0.15, -0.1) is 21.5 Å². The molecule has 1 aromatic carbocycles. The molecule has 3 aromatic rings. The van der Waals surface area contributed by atoms with E-state index in [-0.39, 0.29) is 0 Å². The van der Waals surface area contributed by atoms with Crippen LogP contribution in [0.2, 0.25) is 10.2 Å². The molecule has 0 fully saturated rings. The van der Waals surface area contributed by atoms with E-state index in [9.17, 15) is 0 Å². The first kappa shape index (κ1) is 9.27. The van der Waals surface area contributed by atoms with Crippen LogP contribution in [0.1, 0.15) is 0 Å². The lowest BCUT2D eigenvalue weighted by molar-refractivity contribution is 0.900. The molecular formula is C9H3Cl2N3S. The van der Waals surface area contributed by atoms with Crippen molar-refractivity contribution in [3.05, 3.63) is 28.4 Å². The number of rotatable bonds is 0. The molecule has 74 valence electrons. The third kappa shape index (κ3) is 1.29. The Morgan fingerprint density at radius 3 is 2.80 bits per heavy atom. The molecule has 0 bridgehead atoms. The Bertz CT molecular complexity index is 609. The summed E-state index contributed by atoms with van der Waals surface area (Å²) < 4.78 is 1.80. The van der Waals surface area contributed by atoms with Gasteiger partial charge in [-0.3, -0.25) is 0 Å². The van der Waals surface area contributed by atoms with Crippen molar-refractivity contribution in [1.29, 1.82) is 0 Å². The number of fused-ring (bicyclic) bond motifs is 3. The highest BCUT2D eigenvalue weighted by Crippen LogP contribution is 2.38. The molecule has 15 heavy (non-hydrogen) atoms. The maximum atomic E-state index is 6.08. The summed E-state index contributed by atoms with van der Waals surface area (Å²) in [6, 6.07) is 5.67. The molecular weight excluding hydrogens is 253 g/mol. The first-order valence-corrected chi connectivity index (χ1v) is 5.70. The largest absolute Gasteiger partial charge is 0.172 e. The second-order valence-electron chi connectivity index (χ2n) is 2.98. The van der Waals surface area contributed by atoms with Crippen molar-refractivity contribution >= 4 is 54.8 Å². The second kappa shape index (κ2) is 3.27. The predicted molar refractivity (Wildman–Crippen MR) is 62.7 cm³/mol. The van der Waals surface area contributed by atoms with Gasteiger partial charge in [0, 0.05) is 5.39 Å². The van der Waals surface area contributed by atoms with Crippen LogP contribution < -0.4 is 0 Å². The SMILES string of the molecule is Clc1cccc2c1sc1c(Cl)nnnc12. The van der Waals surface area contributed by atoms with Crippen LogP contribution in [-0.4, -0.2) is 15.4 Å². The van der Waals surface area contributed by atoms with Gasteiger partial charge in [0.15, 0.2) is 5.15 Å². The van der Waals surface area contributed by atoms with E-state index in [2.05, 4.69) is 15.4 Å². The highest BCUT2D eigenvalue weighted by atomic mass is 35.5. The Balaban J connectivity index is 2.63. The fraction of sp³-hybridized carbons (Fsp3) is 0. The monoisotopic (exact) mass is 255 g/mol.